The van der Waals surface area contributed by atoms with Crippen LogP contribution in [-0.2, 0) is 0 Å². The van der Waals surface area contributed by atoms with E-state index in [4.69, 9.17) is 4.74 Å². The number of ether oxygens (including phenoxy) is 1. The van der Waals surface area contributed by atoms with E-state index in [1.54, 1.807) is 0 Å². The van der Waals surface area contributed by atoms with E-state index in [1.807, 2.05) is 12.1 Å². The summed E-state index contributed by atoms with van der Waals surface area (Å²) >= 11 is 0. The molecule has 0 aromatic heterocycles. The summed E-state index contributed by atoms with van der Waals surface area (Å²) in [7, 11) is 0. The van der Waals surface area contributed by atoms with Gasteiger partial charge in [-0.15, -0.1) is 0 Å². The van der Waals surface area contributed by atoms with Crippen LogP contribution >= 0.6 is 0 Å². The smallest absolute Gasteiger partial charge is 0.119 e. The lowest BCUT2D eigenvalue weighted by Gasteiger charge is -2.17. The monoisotopic (exact) mass is 356 g/mol. The molecule has 3 rings (SSSR count). The molecule has 0 N–H and O–H groups in total. The van der Waals surface area contributed by atoms with Crippen LogP contribution in [0.1, 0.15) is 42.9 Å². The van der Waals surface area contributed by atoms with E-state index in [9.17, 15) is 0 Å². The third-order valence-corrected chi connectivity index (χ3v) is 5.09. The molecule has 0 heterocycles. The Morgan fingerprint density at radius 2 is 1.59 bits per heavy atom. The Bertz CT molecular complexity index is 888. The Hall–Kier alpha value is -2.80. The van der Waals surface area contributed by atoms with Crippen molar-refractivity contribution < 1.29 is 4.74 Å². The predicted molar refractivity (Wildman–Crippen MR) is 116 cm³/mol. The van der Waals surface area contributed by atoms with E-state index in [2.05, 4.69) is 88.0 Å². The van der Waals surface area contributed by atoms with Crippen LogP contribution in [0.15, 0.2) is 79.4 Å². The maximum absolute atomic E-state index is 5.67. The summed E-state index contributed by atoms with van der Waals surface area (Å²) in [6.45, 7) is 11.6. The van der Waals surface area contributed by atoms with Gasteiger partial charge in [0.15, 0.2) is 0 Å². The second kappa shape index (κ2) is 8.73. The summed E-state index contributed by atoms with van der Waals surface area (Å²) in [6.07, 6.45) is 1.02. The molecule has 0 bridgehead atoms. The van der Waals surface area contributed by atoms with Crippen LogP contribution in [0.5, 0.6) is 5.75 Å². The van der Waals surface area contributed by atoms with Gasteiger partial charge in [0.25, 0.3) is 0 Å². The van der Waals surface area contributed by atoms with Gasteiger partial charge >= 0.3 is 0 Å². The summed E-state index contributed by atoms with van der Waals surface area (Å²) in [5, 5.41) is 0. The molecule has 1 nitrogen and oxygen atoms in total. The first kappa shape index (κ1) is 19.0. The van der Waals surface area contributed by atoms with Crippen molar-refractivity contribution in [3.8, 4) is 16.9 Å². The topological polar surface area (TPSA) is 9.23 Å². The van der Waals surface area contributed by atoms with Crippen molar-refractivity contribution in [2.45, 2.75) is 33.1 Å². The molecule has 0 saturated heterocycles. The number of allylic oxidation sites excluding steroid dienone is 1. The van der Waals surface area contributed by atoms with Crippen LogP contribution in [0.3, 0.4) is 0 Å². The molecular formula is C26H28O. The Morgan fingerprint density at radius 3 is 2.22 bits per heavy atom. The largest absolute Gasteiger partial charge is 0.494 e. The molecule has 0 amide bonds. The third-order valence-electron chi connectivity index (χ3n) is 5.09. The fraction of sp³-hybridized carbons (Fsp3) is 0.231. The second-order valence-electron chi connectivity index (χ2n) is 7.06. The minimum absolute atomic E-state index is 0.262. The zero-order chi connectivity index (χ0) is 19.2. The lowest BCUT2D eigenvalue weighted by molar-refractivity contribution is 0.317. The van der Waals surface area contributed by atoms with Crippen molar-refractivity contribution in [3.05, 3.63) is 96.1 Å². The predicted octanol–water partition coefficient (Wildman–Crippen LogP) is 7.27. The van der Waals surface area contributed by atoms with Crippen LogP contribution in [0.4, 0.5) is 0 Å². The normalized spacial score (nSPS) is 11.8. The minimum Gasteiger partial charge on any atom is -0.494 e. The minimum atomic E-state index is 0.262. The maximum Gasteiger partial charge on any atom is 0.119 e. The van der Waals surface area contributed by atoms with Crippen molar-refractivity contribution >= 4 is 5.57 Å². The molecule has 0 aliphatic carbocycles. The molecule has 3 aromatic carbocycles. The van der Waals surface area contributed by atoms with Crippen molar-refractivity contribution in [2.75, 3.05) is 6.61 Å². The van der Waals surface area contributed by atoms with Crippen molar-refractivity contribution in [2.24, 2.45) is 0 Å². The average molecular weight is 357 g/mol. The fourth-order valence-corrected chi connectivity index (χ4v) is 3.28. The van der Waals surface area contributed by atoms with Crippen molar-refractivity contribution in [3.63, 3.8) is 0 Å². The lowest BCUT2D eigenvalue weighted by atomic mass is 9.88. The molecule has 1 atom stereocenters. The third kappa shape index (κ3) is 4.49. The lowest BCUT2D eigenvalue weighted by Crippen LogP contribution is -1.98. The van der Waals surface area contributed by atoms with Gasteiger partial charge in [-0.2, -0.15) is 0 Å². The molecule has 0 saturated carbocycles. The Morgan fingerprint density at radius 1 is 0.926 bits per heavy atom. The fourth-order valence-electron chi connectivity index (χ4n) is 3.28. The van der Waals surface area contributed by atoms with Gasteiger partial charge in [-0.05, 0) is 58.9 Å². The highest BCUT2D eigenvalue weighted by Gasteiger charge is 2.12. The van der Waals surface area contributed by atoms with Crippen LogP contribution in [0, 0.1) is 6.92 Å². The molecule has 0 radical (unpaired) electrons. The van der Waals surface area contributed by atoms with Crippen LogP contribution in [0.25, 0.3) is 16.7 Å². The summed E-state index contributed by atoms with van der Waals surface area (Å²) in [5.74, 6) is 1.18. The van der Waals surface area contributed by atoms with Crippen LogP contribution < -0.4 is 4.74 Å². The Kier molecular flexibility index (Phi) is 6.13. The van der Waals surface area contributed by atoms with Gasteiger partial charge in [0.2, 0.25) is 0 Å². The molecule has 0 aliphatic rings. The molecule has 138 valence electrons. The molecule has 3 aromatic rings. The highest BCUT2D eigenvalue weighted by atomic mass is 16.5. The highest BCUT2D eigenvalue weighted by molar-refractivity contribution is 5.71. The molecule has 0 spiro atoms. The molecule has 1 heteroatoms. The Balaban J connectivity index is 1.74. The first-order valence-electron chi connectivity index (χ1n) is 9.68. The molecular weight excluding hydrogens is 328 g/mol. The Labute approximate surface area is 163 Å². The van der Waals surface area contributed by atoms with E-state index < -0.39 is 0 Å². The van der Waals surface area contributed by atoms with E-state index in [0.29, 0.717) is 0 Å². The average Bonchev–Trinajstić information content (AvgIpc) is 2.72. The summed E-state index contributed by atoms with van der Waals surface area (Å²) in [5.41, 5.74) is 7.41. The summed E-state index contributed by atoms with van der Waals surface area (Å²) in [6, 6.07) is 25.6. The summed E-state index contributed by atoms with van der Waals surface area (Å²) in [4.78, 5) is 0. The van der Waals surface area contributed by atoms with E-state index in [0.717, 1.165) is 29.9 Å². The van der Waals surface area contributed by atoms with Gasteiger partial charge in [0, 0.05) is 5.92 Å². The van der Waals surface area contributed by atoms with Gasteiger partial charge in [0.1, 0.15) is 5.75 Å². The summed E-state index contributed by atoms with van der Waals surface area (Å²) < 4.78 is 5.67. The number of benzene rings is 3. The highest BCUT2D eigenvalue weighted by Crippen LogP contribution is 2.32. The van der Waals surface area contributed by atoms with E-state index in [-0.39, 0.29) is 5.92 Å². The number of hydrogen-bond acceptors (Lipinski definition) is 1. The first-order valence-corrected chi connectivity index (χ1v) is 9.68. The number of rotatable bonds is 7. The van der Waals surface area contributed by atoms with Crippen LogP contribution in [0.2, 0.25) is 0 Å². The molecule has 0 aliphatic heterocycles. The van der Waals surface area contributed by atoms with Crippen molar-refractivity contribution in [1.82, 2.24) is 0 Å². The van der Waals surface area contributed by atoms with Gasteiger partial charge < -0.3 is 4.74 Å². The van der Waals surface area contributed by atoms with E-state index in [1.165, 1.54) is 22.3 Å². The van der Waals surface area contributed by atoms with E-state index >= 15 is 0 Å². The molecule has 1 unspecified atom stereocenters. The van der Waals surface area contributed by atoms with Gasteiger partial charge in [-0.3, -0.25) is 0 Å². The zero-order valence-corrected chi connectivity index (χ0v) is 16.5. The second-order valence-corrected chi connectivity index (χ2v) is 7.06. The van der Waals surface area contributed by atoms with Crippen molar-refractivity contribution in [1.29, 1.82) is 0 Å². The molecule has 27 heavy (non-hydrogen) atoms. The molecule has 0 fully saturated rings. The van der Waals surface area contributed by atoms with Gasteiger partial charge in [-0.1, -0.05) is 81.1 Å². The first-order chi connectivity index (χ1) is 13.1. The maximum atomic E-state index is 5.67. The SMILES string of the molecule is C=C(c1ccc(OCCC)cc1)C(C)c1ccc(-c2ccccc2C)cc1. The van der Waals surface area contributed by atoms with Gasteiger partial charge in [0.05, 0.1) is 6.61 Å². The zero-order valence-electron chi connectivity index (χ0n) is 16.5. The quantitative estimate of drug-likeness (QED) is 0.432. The van der Waals surface area contributed by atoms with Crippen LogP contribution in [-0.4, -0.2) is 6.61 Å². The standard InChI is InChI=1S/C26H28O/c1-5-18-27-25-16-14-23(15-17-25)21(4)20(3)22-10-12-24(13-11-22)26-9-7-6-8-19(26)2/h6-17,20H,4-5,18H2,1-3H3. The number of aryl methyl sites for hydroxylation is 1. The van der Waals surface area contributed by atoms with Gasteiger partial charge in [-0.25, -0.2) is 0 Å². The number of hydrogen-bond donors (Lipinski definition) is 0.